The third-order valence-electron chi connectivity index (χ3n) is 5.98. The number of ether oxygens (including phenoxy) is 1. The molecule has 32 heavy (non-hydrogen) atoms. The normalized spacial score (nSPS) is 19.1. The van der Waals surface area contributed by atoms with Crippen LogP contribution < -0.4 is 15.0 Å². The van der Waals surface area contributed by atoms with E-state index in [2.05, 4.69) is 44.1 Å². The Morgan fingerprint density at radius 3 is 2.62 bits per heavy atom. The minimum absolute atomic E-state index is 0.109. The van der Waals surface area contributed by atoms with Gasteiger partial charge in [-0.3, -0.25) is 4.68 Å². The summed E-state index contributed by atoms with van der Waals surface area (Å²) in [6.45, 7) is 8.00. The minimum atomic E-state index is 0.109. The molecule has 2 atom stereocenters. The predicted octanol–water partition coefficient (Wildman–Crippen LogP) is 2.79. The average molecular weight is 434 g/mol. The van der Waals surface area contributed by atoms with Crippen molar-refractivity contribution < 1.29 is 9.84 Å². The number of aryl methyl sites for hydroxylation is 2. The Morgan fingerprint density at radius 2 is 1.91 bits per heavy atom. The fraction of sp³-hybridized carbons (Fsp3) is 0.391. The van der Waals surface area contributed by atoms with Crippen molar-refractivity contribution in [2.45, 2.75) is 32.9 Å². The van der Waals surface area contributed by atoms with Gasteiger partial charge in [0, 0.05) is 49.4 Å². The molecule has 9 heteroatoms. The number of nitrogens with one attached hydrogen (secondary N) is 1. The molecule has 1 aliphatic rings. The zero-order chi connectivity index (χ0) is 22.6. The van der Waals surface area contributed by atoms with Crippen molar-refractivity contribution in [1.29, 1.82) is 0 Å². The Bertz CT molecular complexity index is 1320. The van der Waals surface area contributed by atoms with Crippen molar-refractivity contribution in [1.82, 2.24) is 30.0 Å². The molecule has 0 aliphatic carbocycles. The summed E-state index contributed by atoms with van der Waals surface area (Å²) in [5.41, 5.74) is 3.51. The first-order chi connectivity index (χ1) is 15.3. The first-order valence-electron chi connectivity index (χ1n) is 10.7. The van der Waals surface area contributed by atoms with E-state index in [1.165, 1.54) is 0 Å². The van der Waals surface area contributed by atoms with Gasteiger partial charge < -0.3 is 20.1 Å². The minimum Gasteiger partial charge on any atom is -0.507 e. The molecule has 1 fully saturated rings. The quantitative estimate of drug-likeness (QED) is 0.509. The summed E-state index contributed by atoms with van der Waals surface area (Å²) in [4.78, 5) is 16.2. The molecule has 4 aromatic rings. The third kappa shape index (κ3) is 3.38. The molecule has 4 heterocycles. The van der Waals surface area contributed by atoms with Gasteiger partial charge in [-0.1, -0.05) is 0 Å². The Morgan fingerprint density at radius 1 is 1.16 bits per heavy atom. The number of rotatable bonds is 3. The lowest BCUT2D eigenvalue weighted by Gasteiger charge is -2.37. The van der Waals surface area contributed by atoms with Gasteiger partial charge in [-0.05, 0) is 32.9 Å². The second-order valence-corrected chi connectivity index (χ2v) is 8.63. The number of phenols is 1. The molecular weight excluding hydrogens is 406 g/mol. The zero-order valence-electron chi connectivity index (χ0n) is 18.9. The maximum Gasteiger partial charge on any atom is 0.226 e. The van der Waals surface area contributed by atoms with Gasteiger partial charge in [-0.15, -0.1) is 0 Å². The molecule has 3 aromatic heterocycles. The Hall–Kier alpha value is -3.46. The highest BCUT2D eigenvalue weighted by Crippen LogP contribution is 2.37. The molecular formula is C23H27N7O2. The Kier molecular flexibility index (Phi) is 4.85. The van der Waals surface area contributed by atoms with E-state index in [1.807, 2.05) is 38.5 Å². The van der Waals surface area contributed by atoms with Crippen LogP contribution in [0.2, 0.25) is 0 Å². The highest BCUT2D eigenvalue weighted by Gasteiger charge is 2.23. The van der Waals surface area contributed by atoms with E-state index >= 15 is 0 Å². The van der Waals surface area contributed by atoms with Gasteiger partial charge in [0.15, 0.2) is 11.5 Å². The van der Waals surface area contributed by atoms with Crippen LogP contribution in [0.15, 0.2) is 24.5 Å². The van der Waals surface area contributed by atoms with Gasteiger partial charge in [-0.25, -0.2) is 9.97 Å². The molecule has 1 aromatic carbocycles. The van der Waals surface area contributed by atoms with Crippen molar-refractivity contribution in [2.75, 3.05) is 25.1 Å². The molecule has 5 rings (SSSR count). The number of pyridine rings is 1. The van der Waals surface area contributed by atoms with E-state index in [1.54, 1.807) is 11.8 Å². The van der Waals surface area contributed by atoms with Crippen molar-refractivity contribution in [3.63, 3.8) is 0 Å². The number of benzene rings is 1. The smallest absolute Gasteiger partial charge is 0.226 e. The maximum absolute atomic E-state index is 10.9. The molecule has 0 radical (unpaired) electrons. The van der Waals surface area contributed by atoms with Crippen LogP contribution in [0.1, 0.15) is 19.4 Å². The lowest BCUT2D eigenvalue weighted by molar-refractivity contribution is 0.402. The SMILES string of the molecule is COc1nc(-c2cc3cn(C)nc3c(C)c2O)nc2ncc(N3C[C@@H](C)N[C@@H](C)C3)cc12. The maximum atomic E-state index is 10.9. The van der Waals surface area contributed by atoms with Gasteiger partial charge in [-0.2, -0.15) is 10.1 Å². The number of piperazine rings is 1. The highest BCUT2D eigenvalue weighted by atomic mass is 16.5. The average Bonchev–Trinajstić information content (AvgIpc) is 3.15. The van der Waals surface area contributed by atoms with Gasteiger partial charge in [0.2, 0.25) is 5.88 Å². The summed E-state index contributed by atoms with van der Waals surface area (Å²) in [5, 5.41) is 20.5. The fourth-order valence-electron chi connectivity index (χ4n) is 4.57. The van der Waals surface area contributed by atoms with E-state index in [4.69, 9.17) is 4.74 Å². The van der Waals surface area contributed by atoms with E-state index in [9.17, 15) is 5.11 Å². The number of methoxy groups -OCH3 is 1. The topological polar surface area (TPSA) is 101 Å². The van der Waals surface area contributed by atoms with E-state index in [0.29, 0.717) is 40.6 Å². The molecule has 0 saturated carbocycles. The lowest BCUT2D eigenvalue weighted by atomic mass is 10.1. The molecule has 0 amide bonds. The second-order valence-electron chi connectivity index (χ2n) is 8.63. The van der Waals surface area contributed by atoms with Crippen molar-refractivity contribution in [3.05, 3.63) is 30.1 Å². The molecule has 0 spiro atoms. The number of aromatic hydroxyl groups is 1. The number of hydrogen-bond acceptors (Lipinski definition) is 8. The van der Waals surface area contributed by atoms with Crippen LogP contribution in [0, 0.1) is 6.92 Å². The summed E-state index contributed by atoms with van der Waals surface area (Å²) < 4.78 is 7.34. The van der Waals surface area contributed by atoms with Gasteiger partial charge in [0.25, 0.3) is 0 Å². The van der Waals surface area contributed by atoms with Gasteiger partial charge in [0.1, 0.15) is 5.75 Å². The number of anilines is 1. The number of aromatic nitrogens is 5. The van der Waals surface area contributed by atoms with Crippen molar-refractivity contribution >= 4 is 27.6 Å². The van der Waals surface area contributed by atoms with Gasteiger partial charge in [0.05, 0.1) is 35.5 Å². The summed E-state index contributed by atoms with van der Waals surface area (Å²) in [5.74, 6) is 0.905. The monoisotopic (exact) mass is 433 g/mol. The molecule has 0 unspecified atom stereocenters. The third-order valence-corrected chi connectivity index (χ3v) is 5.98. The first-order valence-corrected chi connectivity index (χ1v) is 10.7. The van der Waals surface area contributed by atoms with Crippen LogP contribution >= 0.6 is 0 Å². The van der Waals surface area contributed by atoms with Crippen LogP contribution in [-0.4, -0.2) is 62.1 Å². The lowest BCUT2D eigenvalue weighted by Crippen LogP contribution is -2.54. The summed E-state index contributed by atoms with van der Waals surface area (Å²) >= 11 is 0. The first kappa shape index (κ1) is 20.4. The molecule has 1 saturated heterocycles. The van der Waals surface area contributed by atoms with Crippen LogP contribution in [0.3, 0.4) is 0 Å². The van der Waals surface area contributed by atoms with Crippen molar-refractivity contribution in [2.24, 2.45) is 7.05 Å². The Labute approximate surface area is 186 Å². The summed E-state index contributed by atoms with van der Waals surface area (Å²) in [6.07, 6.45) is 3.75. The number of nitrogens with zero attached hydrogens (tertiary/aromatic N) is 6. The number of phenolic OH excluding ortho intramolecular Hbond substituents is 1. The van der Waals surface area contributed by atoms with Gasteiger partial charge >= 0.3 is 0 Å². The number of fused-ring (bicyclic) bond motifs is 2. The summed E-state index contributed by atoms with van der Waals surface area (Å²) in [7, 11) is 3.44. The molecule has 2 N–H and O–H groups in total. The highest BCUT2D eigenvalue weighted by molar-refractivity contribution is 5.91. The van der Waals surface area contributed by atoms with E-state index in [-0.39, 0.29) is 5.75 Å². The fourth-order valence-corrected chi connectivity index (χ4v) is 4.57. The second kappa shape index (κ2) is 7.59. The summed E-state index contributed by atoms with van der Waals surface area (Å²) in [6, 6.07) is 4.67. The Balaban J connectivity index is 1.62. The largest absolute Gasteiger partial charge is 0.507 e. The predicted molar refractivity (Wildman–Crippen MR) is 124 cm³/mol. The van der Waals surface area contributed by atoms with Crippen LogP contribution in [-0.2, 0) is 7.05 Å². The van der Waals surface area contributed by atoms with E-state index < -0.39 is 0 Å². The molecule has 0 bridgehead atoms. The van der Waals surface area contributed by atoms with Crippen LogP contribution in [0.5, 0.6) is 11.6 Å². The number of hydrogen-bond donors (Lipinski definition) is 2. The standard InChI is InChI=1S/C23H27N7O2/c1-12-9-30(10-13(2)25-12)16-7-18-21(24-8-16)26-22(27-23(18)32-5)17-6-15-11-29(4)28-19(15)14(3)20(17)31/h6-8,11-13,25,31H,9-10H2,1-5H3/t12-,13+. The van der Waals surface area contributed by atoms with E-state index in [0.717, 1.165) is 35.1 Å². The zero-order valence-corrected chi connectivity index (χ0v) is 18.9. The molecule has 9 nitrogen and oxygen atoms in total. The molecule has 1 aliphatic heterocycles. The van der Waals surface area contributed by atoms with Crippen LogP contribution in [0.25, 0.3) is 33.3 Å². The van der Waals surface area contributed by atoms with Crippen molar-refractivity contribution in [3.8, 4) is 23.0 Å². The van der Waals surface area contributed by atoms with Crippen LogP contribution in [0.4, 0.5) is 5.69 Å². The molecule has 166 valence electrons.